The first-order chi connectivity index (χ1) is 15.4. The van der Waals surface area contributed by atoms with Crippen LogP contribution in [0.25, 0.3) is 0 Å². The van der Waals surface area contributed by atoms with Crippen molar-refractivity contribution in [2.45, 2.75) is 76.8 Å². The zero-order valence-electron chi connectivity index (χ0n) is 19.4. The fourth-order valence-corrected chi connectivity index (χ4v) is 7.85. The van der Waals surface area contributed by atoms with Gasteiger partial charge in [0, 0.05) is 30.6 Å². The highest BCUT2D eigenvalue weighted by atomic mass is 19.1. The van der Waals surface area contributed by atoms with Crippen LogP contribution in [0, 0.1) is 22.7 Å². The Kier molecular flexibility index (Phi) is 4.65. The molecule has 1 heterocycles. The quantitative estimate of drug-likeness (QED) is 0.651. The number of Topliss-reactive ketones (excluding diaryl/α,β-unsaturated/α-hetero) is 1. The molecule has 1 N–H and O–H groups in total. The second-order valence-electron chi connectivity index (χ2n) is 10.7. The van der Waals surface area contributed by atoms with E-state index in [0.717, 1.165) is 0 Å². The average molecular weight is 460 g/mol. The van der Waals surface area contributed by atoms with Crippen molar-refractivity contribution in [3.63, 3.8) is 0 Å². The highest BCUT2D eigenvalue weighted by Gasteiger charge is 2.78. The van der Waals surface area contributed by atoms with Gasteiger partial charge in [-0.1, -0.05) is 18.6 Å². The van der Waals surface area contributed by atoms with Gasteiger partial charge in [-0.25, -0.2) is 9.38 Å². The number of carbonyl (C=O) groups excluding carboxylic acids is 3. The largest absolute Gasteiger partial charge is 0.475 e. The predicted octanol–water partition coefficient (Wildman–Crippen LogP) is 2.66. The molecule has 7 nitrogen and oxygen atoms in total. The standard InChI is InChI=1S/C25H30FNO6/c1-13-27-25(20(31)12-32-14(2)28)21(33-13)10-18-17-6-5-15-9-16(29)7-8-22(15,3)24(17,26)19(30)11-23(18,25)4/h7-9,17-19,21,30H,5-6,10-12H2,1-4H3/t17-,18-,19+,21-,22+,23-,24-,25+/m1/s1. The van der Waals surface area contributed by atoms with E-state index >= 15 is 4.39 Å². The van der Waals surface area contributed by atoms with E-state index in [2.05, 4.69) is 4.99 Å². The molecule has 8 heteroatoms. The molecule has 0 aromatic carbocycles. The number of ether oxygens (including phenoxy) is 2. The van der Waals surface area contributed by atoms with Crippen LogP contribution in [0.1, 0.15) is 53.4 Å². The van der Waals surface area contributed by atoms with Gasteiger partial charge in [0.1, 0.15) is 6.10 Å². The van der Waals surface area contributed by atoms with Gasteiger partial charge in [-0.2, -0.15) is 0 Å². The van der Waals surface area contributed by atoms with Crippen LogP contribution in [0.15, 0.2) is 28.8 Å². The Balaban J connectivity index is 1.60. The monoisotopic (exact) mass is 459 g/mol. The van der Waals surface area contributed by atoms with Gasteiger partial charge in [0.25, 0.3) is 0 Å². The second kappa shape index (κ2) is 6.84. The number of hydrogen-bond acceptors (Lipinski definition) is 7. The normalized spacial score (nSPS) is 47.4. The molecular formula is C25H30FNO6. The summed E-state index contributed by atoms with van der Waals surface area (Å²) >= 11 is 0. The maximum absolute atomic E-state index is 17.2. The van der Waals surface area contributed by atoms with Crippen molar-refractivity contribution in [2.75, 3.05) is 6.61 Å². The lowest BCUT2D eigenvalue weighted by atomic mass is 9.44. The molecule has 0 aromatic heterocycles. The smallest absolute Gasteiger partial charge is 0.303 e. The zero-order chi connectivity index (χ0) is 24.0. The lowest BCUT2D eigenvalue weighted by Crippen LogP contribution is -2.69. The number of alkyl halides is 1. The molecule has 5 rings (SSSR count). The van der Waals surface area contributed by atoms with Crippen molar-refractivity contribution in [3.05, 3.63) is 23.8 Å². The van der Waals surface area contributed by atoms with Crippen LogP contribution in [-0.2, 0) is 23.9 Å². The molecule has 0 amide bonds. The number of esters is 1. The first-order valence-electron chi connectivity index (χ1n) is 11.6. The summed E-state index contributed by atoms with van der Waals surface area (Å²) in [7, 11) is 0. The highest BCUT2D eigenvalue weighted by Crippen LogP contribution is 2.71. The highest BCUT2D eigenvalue weighted by molar-refractivity contribution is 6.01. The van der Waals surface area contributed by atoms with Gasteiger partial charge in [-0.15, -0.1) is 0 Å². The molecule has 33 heavy (non-hydrogen) atoms. The molecule has 0 unspecified atom stereocenters. The number of ketones is 2. The number of halogens is 1. The molecule has 0 saturated heterocycles. The van der Waals surface area contributed by atoms with Crippen LogP contribution < -0.4 is 0 Å². The maximum atomic E-state index is 17.2. The molecule has 4 aliphatic carbocycles. The Bertz CT molecular complexity index is 1050. The Morgan fingerprint density at radius 2 is 2.06 bits per heavy atom. The molecule has 0 radical (unpaired) electrons. The van der Waals surface area contributed by atoms with Crippen molar-refractivity contribution in [2.24, 2.45) is 27.7 Å². The summed E-state index contributed by atoms with van der Waals surface area (Å²) in [4.78, 5) is 41.6. The van der Waals surface area contributed by atoms with Crippen LogP contribution in [0.4, 0.5) is 4.39 Å². The number of aliphatic imine (C=N–C) groups is 1. The third-order valence-electron chi connectivity index (χ3n) is 9.31. The number of aliphatic hydroxyl groups excluding tert-OH is 1. The van der Waals surface area contributed by atoms with Crippen molar-refractivity contribution < 1.29 is 33.4 Å². The summed E-state index contributed by atoms with van der Waals surface area (Å²) in [6, 6.07) is 0. The number of allylic oxidation sites excluding steroid dienone is 4. The predicted molar refractivity (Wildman–Crippen MR) is 116 cm³/mol. The Morgan fingerprint density at radius 3 is 2.76 bits per heavy atom. The minimum Gasteiger partial charge on any atom is -0.475 e. The minimum absolute atomic E-state index is 0.0117. The molecule has 8 atom stereocenters. The topological polar surface area (TPSA) is 102 Å². The van der Waals surface area contributed by atoms with E-state index in [4.69, 9.17) is 9.47 Å². The van der Waals surface area contributed by atoms with Gasteiger partial charge >= 0.3 is 5.97 Å². The van der Waals surface area contributed by atoms with Crippen LogP contribution in [0.2, 0.25) is 0 Å². The number of hydrogen-bond donors (Lipinski definition) is 1. The molecular weight excluding hydrogens is 429 g/mol. The van der Waals surface area contributed by atoms with E-state index in [-0.39, 0.29) is 23.9 Å². The van der Waals surface area contributed by atoms with Gasteiger partial charge in [0.05, 0.1) is 6.10 Å². The van der Waals surface area contributed by atoms with Crippen molar-refractivity contribution >= 4 is 23.4 Å². The third-order valence-corrected chi connectivity index (χ3v) is 9.31. The van der Waals surface area contributed by atoms with E-state index in [9.17, 15) is 19.5 Å². The van der Waals surface area contributed by atoms with Gasteiger partial charge in [0.2, 0.25) is 5.78 Å². The molecule has 1 aliphatic heterocycles. The van der Waals surface area contributed by atoms with Crippen LogP contribution in [0.5, 0.6) is 0 Å². The van der Waals surface area contributed by atoms with E-state index in [0.29, 0.717) is 30.7 Å². The van der Waals surface area contributed by atoms with Crippen LogP contribution in [-0.4, -0.2) is 58.6 Å². The molecule has 3 saturated carbocycles. The number of aliphatic hydroxyl groups is 1. The van der Waals surface area contributed by atoms with E-state index in [1.165, 1.54) is 19.1 Å². The summed E-state index contributed by atoms with van der Waals surface area (Å²) in [5.74, 6) is -1.57. The second-order valence-corrected chi connectivity index (χ2v) is 10.7. The minimum atomic E-state index is -1.99. The zero-order valence-corrected chi connectivity index (χ0v) is 19.4. The molecule has 3 fully saturated rings. The summed E-state index contributed by atoms with van der Waals surface area (Å²) in [5, 5.41) is 11.4. The number of carbonyl (C=O) groups is 3. The van der Waals surface area contributed by atoms with E-state index < -0.39 is 52.7 Å². The van der Waals surface area contributed by atoms with E-state index in [1.54, 1.807) is 19.9 Å². The summed E-state index contributed by atoms with van der Waals surface area (Å²) in [6.07, 6.45) is 3.97. The third kappa shape index (κ3) is 2.58. The molecule has 0 bridgehead atoms. The summed E-state index contributed by atoms with van der Waals surface area (Å²) in [5.41, 5.74) is -4.60. The van der Waals surface area contributed by atoms with Gasteiger partial charge in [0.15, 0.2) is 29.5 Å². The average Bonchev–Trinajstić information content (AvgIpc) is 3.19. The van der Waals surface area contributed by atoms with E-state index in [1.807, 2.05) is 6.92 Å². The van der Waals surface area contributed by atoms with Crippen molar-refractivity contribution in [1.29, 1.82) is 0 Å². The molecule has 0 aromatic rings. The van der Waals surface area contributed by atoms with Crippen LogP contribution in [0.3, 0.4) is 0 Å². The fraction of sp³-hybridized carbons (Fsp3) is 0.680. The summed E-state index contributed by atoms with van der Waals surface area (Å²) < 4.78 is 28.2. The molecule has 178 valence electrons. The Morgan fingerprint density at radius 1 is 1.33 bits per heavy atom. The molecule has 5 aliphatic rings. The van der Waals surface area contributed by atoms with Gasteiger partial charge < -0.3 is 14.6 Å². The number of fused-ring (bicyclic) bond motifs is 7. The number of nitrogens with zero attached hydrogens (tertiary/aromatic N) is 1. The van der Waals surface area contributed by atoms with Gasteiger partial charge in [-0.05, 0) is 50.7 Å². The first kappa shape index (κ1) is 22.4. The van der Waals surface area contributed by atoms with Crippen molar-refractivity contribution in [1.82, 2.24) is 0 Å². The van der Waals surface area contributed by atoms with Crippen molar-refractivity contribution in [3.8, 4) is 0 Å². The Labute approximate surface area is 192 Å². The SMILES string of the molecule is CC(=O)OCC(=O)[C@]12N=C(C)O[C@@H]1C[C@@H]1[C@H]3CCC4=CC(=O)C=C[C@]4(C)[C@]3(F)[C@@H](O)C[C@]12C. The lowest BCUT2D eigenvalue weighted by molar-refractivity contribution is -0.198. The lowest BCUT2D eigenvalue weighted by Gasteiger charge is -2.62. The first-order valence-corrected chi connectivity index (χ1v) is 11.6. The Hall–Kier alpha value is -2.35. The maximum Gasteiger partial charge on any atom is 0.303 e. The van der Waals surface area contributed by atoms with Crippen LogP contribution >= 0.6 is 0 Å². The van der Waals surface area contributed by atoms with Gasteiger partial charge in [-0.3, -0.25) is 14.4 Å². The number of rotatable bonds is 3. The fourth-order valence-electron chi connectivity index (χ4n) is 7.85. The molecule has 0 spiro atoms. The summed E-state index contributed by atoms with van der Waals surface area (Å²) in [6.45, 7) is 6.13.